The van der Waals surface area contributed by atoms with Gasteiger partial charge in [-0.3, -0.25) is 4.79 Å². The van der Waals surface area contributed by atoms with Gasteiger partial charge in [0.25, 0.3) is 0 Å². The molecule has 0 aliphatic rings. The van der Waals surface area contributed by atoms with Gasteiger partial charge >= 0.3 is 5.97 Å². The van der Waals surface area contributed by atoms with Crippen molar-refractivity contribution in [3.63, 3.8) is 0 Å². The van der Waals surface area contributed by atoms with E-state index in [0.717, 1.165) is 0 Å². The van der Waals surface area contributed by atoms with Crippen LogP contribution in [0.15, 0.2) is 24.3 Å². The zero-order chi connectivity index (χ0) is 12.2. The Balaban J connectivity index is 2.80. The smallest absolute Gasteiger partial charge is 0.304 e. The van der Waals surface area contributed by atoms with Crippen LogP contribution >= 0.6 is 0 Å². The highest BCUT2D eigenvalue weighted by Crippen LogP contribution is 2.08. The molecule has 1 aromatic carbocycles. The minimum Gasteiger partial charge on any atom is -0.447 e. The van der Waals surface area contributed by atoms with Gasteiger partial charge < -0.3 is 4.74 Å². The van der Waals surface area contributed by atoms with Crippen LogP contribution in [0.2, 0.25) is 0 Å². The molecule has 0 atom stereocenters. The topological polar surface area (TPSA) is 26.3 Å². The normalized spacial score (nSPS) is 10.2. The third kappa shape index (κ3) is 4.14. The summed E-state index contributed by atoms with van der Waals surface area (Å²) in [4.78, 5) is 10.8. The lowest BCUT2D eigenvalue weighted by Crippen LogP contribution is -2.24. The van der Waals surface area contributed by atoms with Crippen molar-refractivity contribution in [1.82, 2.24) is 0 Å². The lowest BCUT2D eigenvalue weighted by molar-refractivity contribution is -0.148. The van der Waals surface area contributed by atoms with Gasteiger partial charge in [-0.2, -0.15) is 0 Å². The van der Waals surface area contributed by atoms with Gasteiger partial charge in [-0.1, -0.05) is 11.8 Å². The van der Waals surface area contributed by atoms with Crippen LogP contribution in [-0.2, 0) is 9.53 Å². The Morgan fingerprint density at radius 2 is 1.88 bits per heavy atom. The molecule has 0 amide bonds. The van der Waals surface area contributed by atoms with Crippen LogP contribution in [0.5, 0.6) is 0 Å². The maximum atomic E-state index is 12.6. The Hall–Kier alpha value is -1.82. The van der Waals surface area contributed by atoms with Crippen LogP contribution in [0, 0.1) is 17.7 Å². The van der Waals surface area contributed by atoms with E-state index in [0.29, 0.717) is 5.56 Å². The summed E-state index contributed by atoms with van der Waals surface area (Å²) >= 11 is 0. The number of hydrogen-bond acceptors (Lipinski definition) is 2. The van der Waals surface area contributed by atoms with Crippen molar-refractivity contribution in [3.05, 3.63) is 35.6 Å². The van der Waals surface area contributed by atoms with Gasteiger partial charge in [-0.15, -0.1) is 0 Å². The van der Waals surface area contributed by atoms with E-state index in [2.05, 4.69) is 11.8 Å². The predicted molar refractivity (Wildman–Crippen MR) is 59.1 cm³/mol. The van der Waals surface area contributed by atoms with Crippen LogP contribution in [0.4, 0.5) is 4.39 Å². The summed E-state index contributed by atoms with van der Waals surface area (Å²) in [7, 11) is 0. The molecule has 0 saturated carbocycles. The van der Waals surface area contributed by atoms with E-state index in [-0.39, 0.29) is 11.8 Å². The molecule has 0 N–H and O–H groups in total. The summed E-state index contributed by atoms with van der Waals surface area (Å²) in [6.45, 7) is 4.73. The number of rotatable bonds is 1. The minimum atomic E-state index is -0.833. The van der Waals surface area contributed by atoms with Gasteiger partial charge in [0, 0.05) is 12.5 Å². The predicted octanol–water partition coefficient (Wildman–Crippen LogP) is 2.52. The first kappa shape index (κ1) is 12.3. The average molecular weight is 220 g/mol. The average Bonchev–Trinajstić information content (AvgIpc) is 2.15. The summed E-state index contributed by atoms with van der Waals surface area (Å²) in [5.74, 6) is 4.96. The zero-order valence-electron chi connectivity index (χ0n) is 9.50. The lowest BCUT2D eigenvalue weighted by Gasteiger charge is -2.16. The zero-order valence-corrected chi connectivity index (χ0v) is 9.50. The Labute approximate surface area is 94.4 Å². The van der Waals surface area contributed by atoms with Crippen LogP contribution in [0.25, 0.3) is 0 Å². The van der Waals surface area contributed by atoms with Crippen LogP contribution in [0.1, 0.15) is 26.3 Å². The first-order valence-electron chi connectivity index (χ1n) is 4.87. The molecular formula is C13H13FO2. The molecule has 2 nitrogen and oxygen atoms in total. The van der Waals surface area contributed by atoms with Crippen molar-refractivity contribution in [3.8, 4) is 11.8 Å². The van der Waals surface area contributed by atoms with Crippen LogP contribution < -0.4 is 0 Å². The molecule has 0 fully saturated rings. The lowest BCUT2D eigenvalue weighted by atomic mass is 10.1. The first-order valence-corrected chi connectivity index (χ1v) is 4.87. The third-order valence-corrected chi connectivity index (χ3v) is 1.75. The molecule has 0 aromatic heterocycles. The quantitative estimate of drug-likeness (QED) is 0.537. The molecular weight excluding hydrogens is 207 g/mol. The number of carbonyl (C=O) groups is 1. The van der Waals surface area contributed by atoms with Gasteiger partial charge in [0.05, 0.1) is 0 Å². The molecule has 0 saturated heterocycles. The summed E-state index contributed by atoms with van der Waals surface area (Å²) in [5, 5.41) is 0. The Morgan fingerprint density at radius 3 is 2.38 bits per heavy atom. The molecule has 0 bridgehead atoms. The maximum Gasteiger partial charge on any atom is 0.304 e. The Kier molecular flexibility index (Phi) is 3.68. The van der Waals surface area contributed by atoms with E-state index in [1.54, 1.807) is 26.0 Å². The Morgan fingerprint density at radius 1 is 1.31 bits per heavy atom. The molecule has 1 rings (SSSR count). The molecule has 3 heteroatoms. The van der Waals surface area contributed by atoms with E-state index in [9.17, 15) is 9.18 Å². The first-order chi connectivity index (χ1) is 7.39. The second kappa shape index (κ2) is 4.80. The number of hydrogen-bond donors (Lipinski definition) is 0. The fourth-order valence-corrected chi connectivity index (χ4v) is 1.14. The van der Waals surface area contributed by atoms with Gasteiger partial charge in [0.15, 0.2) is 5.60 Å². The molecule has 0 spiro atoms. The standard InChI is InChI=1S/C13H13FO2/c1-10(15)16-13(2,3)9-8-11-4-6-12(14)7-5-11/h4-7H,1-3H3. The van der Waals surface area contributed by atoms with Crippen molar-refractivity contribution in [2.45, 2.75) is 26.4 Å². The molecule has 0 aliphatic heterocycles. The van der Waals surface area contributed by atoms with E-state index >= 15 is 0 Å². The van der Waals surface area contributed by atoms with Gasteiger partial charge in [0.2, 0.25) is 0 Å². The fraction of sp³-hybridized carbons (Fsp3) is 0.308. The van der Waals surface area contributed by atoms with Crippen LogP contribution in [0.3, 0.4) is 0 Å². The van der Waals surface area contributed by atoms with Crippen molar-refractivity contribution >= 4 is 5.97 Å². The fourth-order valence-electron chi connectivity index (χ4n) is 1.14. The number of halogens is 1. The SMILES string of the molecule is CC(=O)OC(C)(C)C#Cc1ccc(F)cc1. The highest BCUT2D eigenvalue weighted by molar-refractivity contribution is 5.67. The highest BCUT2D eigenvalue weighted by atomic mass is 19.1. The van der Waals surface area contributed by atoms with Crippen molar-refractivity contribution in [2.75, 3.05) is 0 Å². The number of carbonyl (C=O) groups excluding carboxylic acids is 1. The monoisotopic (exact) mass is 220 g/mol. The van der Waals surface area contributed by atoms with Crippen molar-refractivity contribution in [1.29, 1.82) is 0 Å². The summed E-state index contributed by atoms with van der Waals surface area (Å²) < 4.78 is 17.6. The maximum absolute atomic E-state index is 12.6. The van der Waals surface area contributed by atoms with E-state index < -0.39 is 5.60 Å². The molecule has 84 valence electrons. The third-order valence-electron chi connectivity index (χ3n) is 1.75. The highest BCUT2D eigenvalue weighted by Gasteiger charge is 2.16. The second-order valence-corrected chi connectivity index (χ2v) is 3.86. The van der Waals surface area contributed by atoms with Crippen LogP contribution in [-0.4, -0.2) is 11.6 Å². The molecule has 0 aliphatic carbocycles. The minimum absolute atomic E-state index is 0.301. The molecule has 1 aromatic rings. The van der Waals surface area contributed by atoms with Crippen molar-refractivity contribution < 1.29 is 13.9 Å². The molecule has 0 radical (unpaired) electrons. The number of esters is 1. The second-order valence-electron chi connectivity index (χ2n) is 3.86. The summed E-state index contributed by atoms with van der Waals surface area (Å²) in [6.07, 6.45) is 0. The Bertz CT molecular complexity index is 435. The number of ether oxygens (including phenoxy) is 1. The van der Waals surface area contributed by atoms with E-state index in [1.807, 2.05) is 0 Å². The molecule has 0 unspecified atom stereocenters. The van der Waals surface area contributed by atoms with Gasteiger partial charge in [-0.05, 0) is 38.1 Å². The van der Waals surface area contributed by atoms with Gasteiger partial charge in [-0.25, -0.2) is 4.39 Å². The van der Waals surface area contributed by atoms with E-state index in [1.165, 1.54) is 19.1 Å². The van der Waals surface area contributed by atoms with Gasteiger partial charge in [0.1, 0.15) is 5.82 Å². The number of benzene rings is 1. The summed E-state index contributed by atoms with van der Waals surface area (Å²) in [6, 6.07) is 5.82. The largest absolute Gasteiger partial charge is 0.447 e. The van der Waals surface area contributed by atoms with Crippen molar-refractivity contribution in [2.24, 2.45) is 0 Å². The molecule has 16 heavy (non-hydrogen) atoms. The summed E-state index contributed by atoms with van der Waals surface area (Å²) in [5.41, 5.74) is -0.151. The molecule has 0 heterocycles. The van der Waals surface area contributed by atoms with E-state index in [4.69, 9.17) is 4.74 Å².